The Kier molecular flexibility index (Phi) is 5.78. The van der Waals surface area contributed by atoms with Gasteiger partial charge in [0.05, 0.1) is 6.04 Å². The molecule has 3 aliphatic rings. The van der Waals surface area contributed by atoms with Crippen LogP contribution in [-0.2, 0) is 24.9 Å². The van der Waals surface area contributed by atoms with Gasteiger partial charge in [0.25, 0.3) is 0 Å². The van der Waals surface area contributed by atoms with Gasteiger partial charge >= 0.3 is 0 Å². The third-order valence-corrected chi connectivity index (χ3v) is 7.23. The molecule has 9 heteroatoms. The number of halogens is 1. The molecule has 7 nitrogen and oxygen atoms in total. The van der Waals surface area contributed by atoms with E-state index >= 15 is 0 Å². The van der Waals surface area contributed by atoms with Crippen molar-refractivity contribution in [3.05, 3.63) is 35.6 Å². The molecule has 156 valence electrons. The first kappa shape index (κ1) is 20.2. The molecule has 0 spiro atoms. The van der Waals surface area contributed by atoms with Crippen molar-refractivity contribution < 1.29 is 23.5 Å². The number of piperazine rings is 1. The van der Waals surface area contributed by atoms with E-state index in [1.807, 2.05) is 0 Å². The van der Waals surface area contributed by atoms with Gasteiger partial charge < -0.3 is 19.9 Å². The average Bonchev–Trinajstić information content (AvgIpc) is 3.31. The van der Waals surface area contributed by atoms with Crippen LogP contribution in [-0.4, -0.2) is 77.7 Å². The van der Waals surface area contributed by atoms with Gasteiger partial charge in [0.15, 0.2) is 0 Å². The van der Waals surface area contributed by atoms with Crippen molar-refractivity contribution in [1.29, 1.82) is 0 Å². The van der Waals surface area contributed by atoms with Crippen LogP contribution in [0.25, 0.3) is 0 Å². The van der Waals surface area contributed by atoms with Gasteiger partial charge in [0.2, 0.25) is 17.7 Å². The van der Waals surface area contributed by atoms with E-state index in [1.54, 1.807) is 33.7 Å². The Morgan fingerprint density at radius 1 is 1.14 bits per heavy atom. The number of amides is 3. The summed E-state index contributed by atoms with van der Waals surface area (Å²) in [7, 11) is 1.44. The zero-order valence-electron chi connectivity index (χ0n) is 16.2. The van der Waals surface area contributed by atoms with E-state index < -0.39 is 12.1 Å². The number of nitrogens with one attached hydrogen (secondary N) is 1. The molecule has 0 bridgehead atoms. The summed E-state index contributed by atoms with van der Waals surface area (Å²) in [6, 6.07) is 4.89. The Bertz CT molecular complexity index is 805. The smallest absolute Gasteiger partial charge is 0.248 e. The van der Waals surface area contributed by atoms with Crippen molar-refractivity contribution >= 4 is 29.5 Å². The highest BCUT2D eigenvalue weighted by atomic mass is 32.2. The molecular weight excluding hydrogens is 397 g/mol. The van der Waals surface area contributed by atoms with E-state index in [2.05, 4.69) is 5.32 Å². The van der Waals surface area contributed by atoms with Crippen LogP contribution in [0.2, 0.25) is 0 Å². The van der Waals surface area contributed by atoms with Gasteiger partial charge in [-0.2, -0.15) is 11.8 Å². The summed E-state index contributed by atoms with van der Waals surface area (Å²) in [4.78, 5) is 41.5. The summed E-state index contributed by atoms with van der Waals surface area (Å²) < 4.78 is 17.9. The maximum Gasteiger partial charge on any atom is 0.248 e. The van der Waals surface area contributed by atoms with Crippen molar-refractivity contribution in [3.63, 3.8) is 0 Å². The third kappa shape index (κ3) is 3.85. The number of thioether (sulfide) groups is 1. The largest absolute Gasteiger partial charge is 0.375 e. The molecule has 0 saturated carbocycles. The van der Waals surface area contributed by atoms with Crippen LogP contribution in [0.5, 0.6) is 0 Å². The zero-order chi connectivity index (χ0) is 20.5. The van der Waals surface area contributed by atoms with Gasteiger partial charge in [-0.05, 0) is 30.5 Å². The molecule has 4 atom stereocenters. The zero-order valence-corrected chi connectivity index (χ0v) is 17.0. The molecule has 3 amide bonds. The molecule has 0 aliphatic carbocycles. The maximum atomic E-state index is 13.2. The van der Waals surface area contributed by atoms with Crippen LogP contribution < -0.4 is 5.32 Å². The molecule has 3 heterocycles. The maximum absolute atomic E-state index is 13.2. The predicted octanol–water partition coefficient (Wildman–Crippen LogP) is 0.774. The molecule has 0 unspecified atom stereocenters. The van der Waals surface area contributed by atoms with E-state index in [1.165, 1.54) is 19.2 Å². The molecule has 3 fully saturated rings. The van der Waals surface area contributed by atoms with Crippen molar-refractivity contribution in [2.24, 2.45) is 0 Å². The van der Waals surface area contributed by atoms with Gasteiger partial charge in [0.1, 0.15) is 24.5 Å². The highest BCUT2D eigenvalue weighted by Gasteiger charge is 2.56. The Morgan fingerprint density at radius 2 is 1.79 bits per heavy atom. The van der Waals surface area contributed by atoms with Crippen LogP contribution >= 0.6 is 11.8 Å². The standard InChI is InChI=1S/C20H24FN3O4S/c1-28-10-16(25)22-14-6-8-23-17(14)19(26)24-9-7-15(18(24)20(23)27)29-11-12-2-4-13(21)5-3-12/h2-5,14-15,17-18H,6-11H2,1H3,(H,22,25)/t14-,15-,17-,18-/m0/s1. The molecule has 1 aromatic rings. The highest BCUT2D eigenvalue weighted by Crippen LogP contribution is 2.38. The predicted molar refractivity (Wildman–Crippen MR) is 106 cm³/mol. The fraction of sp³-hybridized carbons (Fsp3) is 0.550. The van der Waals surface area contributed by atoms with Gasteiger partial charge in [-0.1, -0.05) is 12.1 Å². The summed E-state index contributed by atoms with van der Waals surface area (Å²) in [5.74, 6) is -0.00979. The summed E-state index contributed by atoms with van der Waals surface area (Å²) >= 11 is 1.64. The van der Waals surface area contributed by atoms with Crippen molar-refractivity contribution in [1.82, 2.24) is 15.1 Å². The third-order valence-electron chi connectivity index (χ3n) is 5.81. The Balaban J connectivity index is 1.44. The molecule has 1 N–H and O–H groups in total. The molecule has 3 aliphatic heterocycles. The minimum absolute atomic E-state index is 0.0135. The molecule has 0 aromatic heterocycles. The van der Waals surface area contributed by atoms with Crippen molar-refractivity contribution in [2.75, 3.05) is 26.8 Å². The Labute approximate surface area is 172 Å². The first-order valence-corrected chi connectivity index (χ1v) is 10.8. The number of hydrogen-bond acceptors (Lipinski definition) is 5. The summed E-state index contributed by atoms with van der Waals surface area (Å²) in [5.41, 5.74) is 0.990. The number of methoxy groups -OCH3 is 1. The van der Waals surface area contributed by atoms with Gasteiger partial charge in [0, 0.05) is 31.2 Å². The lowest BCUT2D eigenvalue weighted by Gasteiger charge is -2.41. The van der Waals surface area contributed by atoms with Crippen LogP contribution in [0, 0.1) is 5.82 Å². The number of ether oxygens (including phenoxy) is 1. The van der Waals surface area contributed by atoms with Gasteiger partial charge in [-0.25, -0.2) is 4.39 Å². The molecule has 1 aromatic carbocycles. The van der Waals surface area contributed by atoms with E-state index in [4.69, 9.17) is 4.74 Å². The lowest BCUT2D eigenvalue weighted by atomic mass is 10.0. The second-order valence-corrected chi connectivity index (χ2v) is 8.84. The highest BCUT2D eigenvalue weighted by molar-refractivity contribution is 7.99. The first-order valence-electron chi connectivity index (χ1n) is 9.75. The Morgan fingerprint density at radius 3 is 2.52 bits per heavy atom. The summed E-state index contributed by atoms with van der Waals surface area (Å²) in [6.45, 7) is 0.937. The summed E-state index contributed by atoms with van der Waals surface area (Å²) in [6.07, 6.45) is 1.31. The second-order valence-electron chi connectivity index (χ2n) is 7.61. The molecule has 29 heavy (non-hydrogen) atoms. The molecule has 4 rings (SSSR count). The average molecular weight is 421 g/mol. The fourth-order valence-electron chi connectivity index (χ4n) is 4.48. The number of carbonyl (C=O) groups is 3. The van der Waals surface area contributed by atoms with E-state index in [-0.39, 0.29) is 41.4 Å². The number of carbonyl (C=O) groups excluding carboxylic acids is 3. The van der Waals surface area contributed by atoms with Crippen LogP contribution in [0.1, 0.15) is 18.4 Å². The SMILES string of the molecule is COCC(=O)N[C@H]1CCN2C(=O)[C@@H]3[C@@H](SCc4ccc(F)cc4)CCN3C(=O)[C@H]12. The normalized spacial score (nSPS) is 28.5. The first-order chi connectivity index (χ1) is 14.0. The number of nitrogens with zero attached hydrogens (tertiary/aromatic N) is 2. The van der Waals surface area contributed by atoms with Crippen molar-refractivity contribution in [3.8, 4) is 0 Å². The number of hydrogen-bond donors (Lipinski definition) is 1. The van der Waals surface area contributed by atoms with Crippen LogP contribution in [0.15, 0.2) is 24.3 Å². The topological polar surface area (TPSA) is 79.0 Å². The monoisotopic (exact) mass is 421 g/mol. The quantitative estimate of drug-likeness (QED) is 0.734. The number of fused-ring (bicyclic) bond motifs is 2. The number of benzene rings is 1. The minimum Gasteiger partial charge on any atom is -0.375 e. The minimum atomic E-state index is -0.625. The summed E-state index contributed by atoms with van der Waals surface area (Å²) in [5, 5.41) is 2.84. The lowest BCUT2D eigenvalue weighted by molar-refractivity contribution is -0.157. The van der Waals surface area contributed by atoms with Crippen molar-refractivity contribution in [2.45, 2.75) is 42.0 Å². The van der Waals surface area contributed by atoms with E-state index in [0.717, 1.165) is 12.0 Å². The molecule has 0 radical (unpaired) electrons. The molecule has 3 saturated heterocycles. The number of rotatable bonds is 6. The van der Waals surface area contributed by atoms with Gasteiger partial charge in [-0.3, -0.25) is 14.4 Å². The van der Waals surface area contributed by atoms with Gasteiger partial charge in [-0.15, -0.1) is 0 Å². The molecular formula is C20H24FN3O4S. The van der Waals surface area contributed by atoms with E-state index in [9.17, 15) is 18.8 Å². The van der Waals surface area contributed by atoms with Crippen LogP contribution in [0.4, 0.5) is 4.39 Å². The Hall–Kier alpha value is -2.13. The fourth-order valence-corrected chi connectivity index (χ4v) is 5.79. The van der Waals surface area contributed by atoms with E-state index in [0.29, 0.717) is 25.3 Å². The van der Waals surface area contributed by atoms with Crippen LogP contribution in [0.3, 0.4) is 0 Å². The second kappa shape index (κ2) is 8.31. The lowest BCUT2D eigenvalue weighted by Crippen LogP contribution is -2.66.